The molecule has 4 nitrogen and oxygen atoms in total. The molecule has 0 saturated heterocycles. The Hall–Kier alpha value is -1.95. The van der Waals surface area contributed by atoms with Crippen LogP contribution in [0.15, 0.2) is 48.5 Å². The van der Waals surface area contributed by atoms with Crippen molar-refractivity contribution in [3.8, 4) is 11.6 Å². The first-order valence-electron chi connectivity index (χ1n) is 6.60. The Bertz CT molecular complexity index is 869. The summed E-state index contributed by atoms with van der Waals surface area (Å²) < 4.78 is 19.0. The summed E-state index contributed by atoms with van der Waals surface area (Å²) >= 11 is 0. The summed E-state index contributed by atoms with van der Waals surface area (Å²) in [4.78, 5) is 15.7. The van der Waals surface area contributed by atoms with E-state index in [1.165, 1.54) is 12.1 Å². The average molecular weight is 319 g/mol. The van der Waals surface area contributed by atoms with Gasteiger partial charge in [-0.25, -0.2) is 9.37 Å². The minimum Gasteiger partial charge on any atom is -0.545 e. The van der Waals surface area contributed by atoms with Crippen LogP contribution >= 0.6 is 0 Å². The summed E-state index contributed by atoms with van der Waals surface area (Å²) in [7, 11) is 0. The summed E-state index contributed by atoms with van der Waals surface area (Å²) in [5.74, 6) is -1.24. The standard InChI is InChI=1S/C17H12FNO3.Na/c1-10-15(17(20)21)13-9-11(18)7-8-14(13)19-16(10)22-12-5-3-2-4-6-12;/h2-9H,1H3,(H,20,21);/q;+1/p-1. The first kappa shape index (κ1) is 17.4. The van der Waals surface area contributed by atoms with Crippen molar-refractivity contribution in [2.24, 2.45) is 0 Å². The maximum atomic E-state index is 13.4. The number of aromatic carboxylic acids is 1. The number of hydrogen-bond acceptors (Lipinski definition) is 4. The summed E-state index contributed by atoms with van der Waals surface area (Å²) in [6.07, 6.45) is 0. The molecular weight excluding hydrogens is 308 g/mol. The zero-order valence-corrected chi connectivity index (χ0v) is 14.7. The third-order valence-corrected chi connectivity index (χ3v) is 3.31. The van der Waals surface area contributed by atoms with Gasteiger partial charge in [-0.1, -0.05) is 18.2 Å². The monoisotopic (exact) mass is 319 g/mol. The van der Waals surface area contributed by atoms with Gasteiger partial charge < -0.3 is 14.6 Å². The molecule has 3 aromatic rings. The number of nitrogens with zero attached hydrogens (tertiary/aromatic N) is 1. The van der Waals surface area contributed by atoms with Crippen molar-refractivity contribution in [3.05, 3.63) is 65.5 Å². The molecule has 0 saturated carbocycles. The Morgan fingerprint density at radius 1 is 1.17 bits per heavy atom. The molecule has 0 spiro atoms. The molecule has 1 heterocycles. The predicted molar refractivity (Wildman–Crippen MR) is 77.3 cm³/mol. The van der Waals surface area contributed by atoms with Gasteiger partial charge >= 0.3 is 29.6 Å². The minimum atomic E-state index is -1.39. The first-order valence-corrected chi connectivity index (χ1v) is 6.60. The van der Waals surface area contributed by atoms with Crippen LogP contribution in [0.1, 0.15) is 15.9 Å². The van der Waals surface area contributed by atoms with Crippen molar-refractivity contribution < 1.29 is 48.6 Å². The van der Waals surface area contributed by atoms with E-state index in [1.54, 1.807) is 31.2 Å². The molecule has 1 aromatic heterocycles. The number of para-hydroxylation sites is 1. The van der Waals surface area contributed by atoms with Crippen LogP contribution in [-0.2, 0) is 0 Å². The molecular formula is C17H11FNNaO3. The van der Waals surface area contributed by atoms with Gasteiger partial charge in [-0.3, -0.25) is 0 Å². The molecule has 23 heavy (non-hydrogen) atoms. The molecule has 0 aliphatic carbocycles. The number of carboxylic acids is 1. The van der Waals surface area contributed by atoms with Crippen LogP contribution in [0.5, 0.6) is 11.6 Å². The largest absolute Gasteiger partial charge is 1.00 e. The first-order chi connectivity index (χ1) is 10.6. The van der Waals surface area contributed by atoms with Gasteiger partial charge in [0.05, 0.1) is 11.5 Å². The van der Waals surface area contributed by atoms with Crippen molar-refractivity contribution in [2.75, 3.05) is 0 Å². The Morgan fingerprint density at radius 2 is 1.87 bits per heavy atom. The fourth-order valence-corrected chi connectivity index (χ4v) is 2.27. The van der Waals surface area contributed by atoms with Crippen molar-refractivity contribution in [1.82, 2.24) is 4.98 Å². The summed E-state index contributed by atoms with van der Waals surface area (Å²) in [5, 5.41) is 11.6. The van der Waals surface area contributed by atoms with Gasteiger partial charge in [-0.15, -0.1) is 0 Å². The second kappa shape index (κ2) is 7.08. The van der Waals surface area contributed by atoms with Gasteiger partial charge in [-0.05, 0) is 37.3 Å². The third kappa shape index (κ3) is 3.52. The number of halogens is 1. The zero-order valence-electron chi connectivity index (χ0n) is 12.7. The molecule has 0 fully saturated rings. The topological polar surface area (TPSA) is 62.2 Å². The van der Waals surface area contributed by atoms with Crippen molar-refractivity contribution >= 4 is 16.9 Å². The number of ether oxygens (including phenoxy) is 1. The number of aromatic nitrogens is 1. The van der Waals surface area contributed by atoms with Gasteiger partial charge in [0.25, 0.3) is 0 Å². The van der Waals surface area contributed by atoms with Crippen LogP contribution in [0.3, 0.4) is 0 Å². The smallest absolute Gasteiger partial charge is 0.545 e. The molecule has 0 unspecified atom stereocenters. The third-order valence-electron chi connectivity index (χ3n) is 3.31. The molecule has 3 rings (SSSR count). The molecule has 0 amide bonds. The SMILES string of the molecule is Cc1c(Oc2ccccc2)nc2ccc(F)cc2c1C(=O)[O-].[Na+]. The molecule has 2 aromatic carbocycles. The molecule has 6 heteroatoms. The Morgan fingerprint density at radius 3 is 2.52 bits per heavy atom. The fraction of sp³-hybridized carbons (Fsp3) is 0.0588. The van der Waals surface area contributed by atoms with Crippen molar-refractivity contribution in [1.29, 1.82) is 0 Å². The van der Waals surface area contributed by atoms with Crippen molar-refractivity contribution in [3.63, 3.8) is 0 Å². The number of carbonyl (C=O) groups excluding carboxylic acids is 1. The molecule has 0 aliphatic heterocycles. The van der Waals surface area contributed by atoms with Crippen LogP contribution in [0, 0.1) is 12.7 Å². The Balaban J connectivity index is 0.00000192. The van der Waals surface area contributed by atoms with Gasteiger partial charge in [0, 0.05) is 16.5 Å². The number of pyridine rings is 1. The maximum Gasteiger partial charge on any atom is 1.00 e. The summed E-state index contributed by atoms with van der Waals surface area (Å²) in [6, 6.07) is 12.6. The van der Waals surface area contributed by atoms with E-state index in [-0.39, 0.29) is 46.4 Å². The quantitative estimate of drug-likeness (QED) is 0.630. The second-order valence-corrected chi connectivity index (χ2v) is 4.78. The number of hydrogen-bond donors (Lipinski definition) is 0. The summed E-state index contributed by atoms with van der Waals surface area (Å²) in [5.41, 5.74) is 0.509. The van der Waals surface area contributed by atoms with E-state index in [0.29, 0.717) is 16.8 Å². The van der Waals surface area contributed by atoms with Gasteiger partial charge in [0.15, 0.2) is 0 Å². The maximum absolute atomic E-state index is 13.4. The van der Waals surface area contributed by atoms with E-state index in [0.717, 1.165) is 6.07 Å². The molecule has 0 atom stereocenters. The molecule has 0 aliphatic rings. The van der Waals surface area contributed by atoms with E-state index in [4.69, 9.17) is 4.74 Å². The van der Waals surface area contributed by atoms with E-state index >= 15 is 0 Å². The van der Waals surface area contributed by atoms with Gasteiger partial charge in [-0.2, -0.15) is 0 Å². The number of carboxylic acid groups (broad SMARTS) is 1. The number of carbonyl (C=O) groups is 1. The number of fused-ring (bicyclic) bond motifs is 1. The van der Waals surface area contributed by atoms with Crippen LogP contribution in [0.2, 0.25) is 0 Å². The number of benzene rings is 2. The molecule has 0 radical (unpaired) electrons. The van der Waals surface area contributed by atoms with Gasteiger partial charge in [0.1, 0.15) is 11.6 Å². The predicted octanol–water partition coefficient (Wildman–Crippen LogP) is -0.158. The number of rotatable bonds is 3. The normalized spacial score (nSPS) is 10.2. The average Bonchev–Trinajstić information content (AvgIpc) is 2.49. The Kier molecular flexibility index (Phi) is 5.36. The fourth-order valence-electron chi connectivity index (χ4n) is 2.27. The minimum absolute atomic E-state index is 0. The van der Waals surface area contributed by atoms with Crippen LogP contribution in [0.25, 0.3) is 10.9 Å². The van der Waals surface area contributed by atoms with Crippen LogP contribution in [0.4, 0.5) is 4.39 Å². The van der Waals surface area contributed by atoms with E-state index < -0.39 is 11.8 Å². The zero-order chi connectivity index (χ0) is 15.7. The molecule has 0 N–H and O–H groups in total. The Labute approximate surface area is 154 Å². The summed E-state index contributed by atoms with van der Waals surface area (Å²) in [6.45, 7) is 1.56. The van der Waals surface area contributed by atoms with E-state index in [9.17, 15) is 14.3 Å². The van der Waals surface area contributed by atoms with Crippen LogP contribution in [-0.4, -0.2) is 11.0 Å². The van der Waals surface area contributed by atoms with Crippen LogP contribution < -0.4 is 39.4 Å². The van der Waals surface area contributed by atoms with E-state index in [2.05, 4.69) is 4.98 Å². The molecule has 110 valence electrons. The van der Waals surface area contributed by atoms with Gasteiger partial charge in [0.2, 0.25) is 5.88 Å². The molecule has 0 bridgehead atoms. The van der Waals surface area contributed by atoms with E-state index in [1.807, 2.05) is 6.07 Å². The second-order valence-electron chi connectivity index (χ2n) is 4.78. The van der Waals surface area contributed by atoms with Crippen molar-refractivity contribution in [2.45, 2.75) is 6.92 Å².